The van der Waals surface area contributed by atoms with E-state index in [0.717, 1.165) is 12.6 Å². The average Bonchev–Trinajstić information content (AvgIpc) is 3.24. The summed E-state index contributed by atoms with van der Waals surface area (Å²) in [5.74, 6) is 0. The molecule has 4 heteroatoms. The van der Waals surface area contributed by atoms with Crippen LogP contribution in [0.2, 0.25) is 0 Å². The van der Waals surface area contributed by atoms with Crippen molar-refractivity contribution in [2.24, 2.45) is 0 Å². The molecule has 4 rings (SSSR count). The first-order chi connectivity index (χ1) is 10.4. The van der Waals surface area contributed by atoms with Gasteiger partial charge in [-0.05, 0) is 57.7 Å². The lowest BCUT2D eigenvalue weighted by molar-refractivity contribution is 0.166. The van der Waals surface area contributed by atoms with Gasteiger partial charge in [0.05, 0.1) is 11.7 Å². The van der Waals surface area contributed by atoms with E-state index in [4.69, 9.17) is 5.10 Å². The fraction of sp³-hybridized carbons (Fsp3) is 0.824. The molecule has 3 aliphatic rings. The molecule has 1 N–H and O–H groups in total. The second-order valence-electron chi connectivity index (χ2n) is 7.16. The summed E-state index contributed by atoms with van der Waals surface area (Å²) in [7, 11) is 0. The maximum Gasteiger partial charge on any atom is 0.0762 e. The third-order valence-electron chi connectivity index (χ3n) is 5.75. The molecule has 3 fully saturated rings. The highest BCUT2D eigenvalue weighted by atomic mass is 15.3. The van der Waals surface area contributed by atoms with E-state index in [2.05, 4.69) is 27.2 Å². The number of nitrogens with one attached hydrogen (secondary N) is 1. The molecule has 0 spiro atoms. The number of aromatic nitrogens is 2. The van der Waals surface area contributed by atoms with Crippen molar-refractivity contribution in [3.05, 3.63) is 18.0 Å². The summed E-state index contributed by atoms with van der Waals surface area (Å²) in [5.41, 5.74) is 1.22. The van der Waals surface area contributed by atoms with Gasteiger partial charge < -0.3 is 10.2 Å². The predicted molar refractivity (Wildman–Crippen MR) is 84.2 cm³/mol. The number of rotatable bonds is 4. The summed E-state index contributed by atoms with van der Waals surface area (Å²) in [6, 6.07) is 4.42. The Labute approximate surface area is 127 Å². The van der Waals surface area contributed by atoms with Gasteiger partial charge in [0.15, 0.2) is 0 Å². The lowest BCUT2D eigenvalue weighted by Gasteiger charge is -2.35. The molecular weight excluding hydrogens is 260 g/mol. The van der Waals surface area contributed by atoms with Crippen LogP contribution in [-0.2, 0) is 6.54 Å². The Balaban J connectivity index is 1.28. The Hall–Kier alpha value is -0.870. The summed E-state index contributed by atoms with van der Waals surface area (Å²) in [6.45, 7) is 3.57. The van der Waals surface area contributed by atoms with Crippen LogP contribution < -0.4 is 5.32 Å². The highest BCUT2D eigenvalue weighted by Crippen LogP contribution is 2.29. The molecule has 1 aliphatic carbocycles. The van der Waals surface area contributed by atoms with Crippen LogP contribution in [0.15, 0.2) is 12.3 Å². The van der Waals surface area contributed by atoms with Crippen LogP contribution in [0.3, 0.4) is 0 Å². The molecule has 0 radical (unpaired) electrons. The summed E-state index contributed by atoms with van der Waals surface area (Å²) in [4.78, 5) is 2.69. The van der Waals surface area contributed by atoms with Crippen LogP contribution in [0.1, 0.15) is 63.1 Å². The number of fused-ring (bicyclic) bond motifs is 1. The molecule has 4 nitrogen and oxygen atoms in total. The van der Waals surface area contributed by atoms with Gasteiger partial charge in [0.1, 0.15) is 0 Å². The highest BCUT2D eigenvalue weighted by Gasteiger charge is 2.31. The minimum absolute atomic E-state index is 0.667. The smallest absolute Gasteiger partial charge is 0.0762 e. The normalized spacial score (nSPS) is 30.9. The predicted octanol–water partition coefficient (Wildman–Crippen LogP) is 2.71. The molecule has 21 heavy (non-hydrogen) atoms. The van der Waals surface area contributed by atoms with Crippen LogP contribution >= 0.6 is 0 Å². The number of piperidine rings is 1. The van der Waals surface area contributed by atoms with Crippen LogP contribution in [-0.4, -0.2) is 39.9 Å². The number of nitrogens with zero attached hydrogens (tertiary/aromatic N) is 3. The summed E-state index contributed by atoms with van der Waals surface area (Å²) >= 11 is 0. The van der Waals surface area contributed by atoms with Gasteiger partial charge in [-0.1, -0.05) is 12.8 Å². The highest BCUT2D eigenvalue weighted by molar-refractivity contribution is 5.01. The molecule has 0 aromatic carbocycles. The fourth-order valence-electron chi connectivity index (χ4n) is 4.50. The van der Waals surface area contributed by atoms with E-state index in [1.54, 1.807) is 0 Å². The molecule has 116 valence electrons. The molecule has 1 aromatic heterocycles. The molecule has 0 bridgehead atoms. The van der Waals surface area contributed by atoms with Gasteiger partial charge in [-0.25, -0.2) is 0 Å². The molecule has 1 saturated carbocycles. The summed E-state index contributed by atoms with van der Waals surface area (Å²) in [5, 5.41) is 8.54. The van der Waals surface area contributed by atoms with Crippen molar-refractivity contribution in [1.29, 1.82) is 0 Å². The Morgan fingerprint density at radius 1 is 1.05 bits per heavy atom. The lowest BCUT2D eigenvalue weighted by atomic mass is 9.97. The molecule has 2 aliphatic heterocycles. The van der Waals surface area contributed by atoms with Crippen LogP contribution in [0.5, 0.6) is 0 Å². The van der Waals surface area contributed by atoms with E-state index in [0.29, 0.717) is 12.1 Å². The zero-order valence-electron chi connectivity index (χ0n) is 13.0. The number of hydrogen-bond acceptors (Lipinski definition) is 3. The van der Waals surface area contributed by atoms with E-state index in [-0.39, 0.29) is 0 Å². The Morgan fingerprint density at radius 2 is 1.90 bits per heavy atom. The van der Waals surface area contributed by atoms with Gasteiger partial charge in [-0.15, -0.1) is 0 Å². The maximum absolute atomic E-state index is 4.79. The standard InChI is InChI=1S/C17H28N4/c1-2-5-16(4-1)21-11-8-15(19-21)13-18-14-7-10-20-9-3-6-17(20)12-14/h8,11,14,16-18H,1-7,9-10,12-13H2. The van der Waals surface area contributed by atoms with E-state index < -0.39 is 0 Å². The molecule has 2 atom stereocenters. The third kappa shape index (κ3) is 3.02. The zero-order chi connectivity index (χ0) is 14.1. The van der Waals surface area contributed by atoms with Crippen LogP contribution in [0.25, 0.3) is 0 Å². The average molecular weight is 288 g/mol. The first-order valence-electron chi connectivity index (χ1n) is 8.90. The van der Waals surface area contributed by atoms with E-state index >= 15 is 0 Å². The lowest BCUT2D eigenvalue weighted by Crippen LogP contribution is -2.45. The topological polar surface area (TPSA) is 33.1 Å². The first-order valence-corrected chi connectivity index (χ1v) is 8.90. The SMILES string of the molecule is c1cn(C2CCCC2)nc1CNC1CCN2CCCC2C1. The third-order valence-corrected chi connectivity index (χ3v) is 5.75. The Morgan fingerprint density at radius 3 is 2.81 bits per heavy atom. The summed E-state index contributed by atoms with van der Waals surface area (Å²) < 4.78 is 2.21. The molecule has 2 unspecified atom stereocenters. The van der Waals surface area contributed by atoms with E-state index in [9.17, 15) is 0 Å². The van der Waals surface area contributed by atoms with Gasteiger partial charge in [0, 0.05) is 24.8 Å². The quantitative estimate of drug-likeness (QED) is 0.925. The van der Waals surface area contributed by atoms with E-state index in [1.165, 1.54) is 70.2 Å². The van der Waals surface area contributed by atoms with Crippen molar-refractivity contribution < 1.29 is 0 Å². The van der Waals surface area contributed by atoms with Gasteiger partial charge in [-0.2, -0.15) is 5.10 Å². The fourth-order valence-corrected chi connectivity index (χ4v) is 4.50. The van der Waals surface area contributed by atoms with Crippen molar-refractivity contribution in [2.45, 2.75) is 76.0 Å². The van der Waals surface area contributed by atoms with E-state index in [1.807, 2.05) is 0 Å². The zero-order valence-corrected chi connectivity index (χ0v) is 13.0. The summed E-state index contributed by atoms with van der Waals surface area (Å²) in [6.07, 6.45) is 13.0. The monoisotopic (exact) mass is 288 g/mol. The molecule has 0 amide bonds. The van der Waals surface area contributed by atoms with Crippen molar-refractivity contribution in [3.8, 4) is 0 Å². The Bertz CT molecular complexity index is 463. The minimum Gasteiger partial charge on any atom is -0.308 e. The number of hydrogen-bond donors (Lipinski definition) is 1. The van der Waals surface area contributed by atoms with Gasteiger partial charge in [0.2, 0.25) is 0 Å². The minimum atomic E-state index is 0.667. The molecular formula is C17H28N4. The van der Waals surface area contributed by atoms with Crippen molar-refractivity contribution in [2.75, 3.05) is 13.1 Å². The van der Waals surface area contributed by atoms with Crippen molar-refractivity contribution in [3.63, 3.8) is 0 Å². The van der Waals surface area contributed by atoms with Crippen molar-refractivity contribution >= 4 is 0 Å². The van der Waals surface area contributed by atoms with Gasteiger partial charge >= 0.3 is 0 Å². The molecule has 1 aromatic rings. The first kappa shape index (κ1) is 13.8. The van der Waals surface area contributed by atoms with Crippen LogP contribution in [0.4, 0.5) is 0 Å². The van der Waals surface area contributed by atoms with Gasteiger partial charge in [-0.3, -0.25) is 4.68 Å². The second kappa shape index (κ2) is 6.09. The largest absolute Gasteiger partial charge is 0.308 e. The van der Waals surface area contributed by atoms with Gasteiger partial charge in [0.25, 0.3) is 0 Å². The Kier molecular flexibility index (Phi) is 3.99. The van der Waals surface area contributed by atoms with Crippen LogP contribution in [0, 0.1) is 0 Å². The van der Waals surface area contributed by atoms with Crippen molar-refractivity contribution in [1.82, 2.24) is 20.0 Å². The molecule has 2 saturated heterocycles. The maximum atomic E-state index is 4.79. The molecule has 3 heterocycles. The second-order valence-corrected chi connectivity index (χ2v) is 7.16.